The first-order valence-corrected chi connectivity index (χ1v) is 9.71. The van der Waals surface area contributed by atoms with Crippen molar-refractivity contribution in [1.29, 1.82) is 0 Å². The number of fused-ring (bicyclic) bond motifs is 1. The van der Waals surface area contributed by atoms with E-state index in [2.05, 4.69) is 26.6 Å². The van der Waals surface area contributed by atoms with Crippen LogP contribution in [-0.4, -0.2) is 15.2 Å². The summed E-state index contributed by atoms with van der Waals surface area (Å²) in [6.07, 6.45) is 0. The van der Waals surface area contributed by atoms with Gasteiger partial charge < -0.3 is 5.32 Å². The Bertz CT molecular complexity index is 932. The third kappa shape index (κ3) is 3.55. The van der Waals surface area contributed by atoms with Crippen LogP contribution in [0.15, 0.2) is 52.9 Å². The summed E-state index contributed by atoms with van der Waals surface area (Å²) in [5, 5.41) is 13.2. The minimum Gasteiger partial charge on any atom is -0.330 e. The molecule has 120 valence electrons. The van der Waals surface area contributed by atoms with Crippen molar-refractivity contribution in [3.8, 4) is 0 Å². The van der Waals surface area contributed by atoms with Crippen molar-refractivity contribution >= 4 is 55.5 Å². The first kappa shape index (κ1) is 15.5. The van der Waals surface area contributed by atoms with Gasteiger partial charge in [-0.15, -0.1) is 21.5 Å². The highest BCUT2D eigenvalue weighted by molar-refractivity contribution is 8.00. The Morgan fingerprint density at radius 3 is 2.67 bits per heavy atom. The molecule has 1 N–H and O–H groups in total. The van der Waals surface area contributed by atoms with Crippen molar-refractivity contribution in [3.63, 3.8) is 0 Å². The fraction of sp³-hybridized carbons (Fsp3) is 0.0625. The van der Waals surface area contributed by atoms with Gasteiger partial charge in [-0.3, -0.25) is 0 Å². The van der Waals surface area contributed by atoms with Gasteiger partial charge in [-0.25, -0.2) is 9.37 Å². The number of hydrogen-bond acceptors (Lipinski definition) is 7. The normalized spacial score (nSPS) is 11.0. The Morgan fingerprint density at radius 1 is 1.00 bits per heavy atom. The van der Waals surface area contributed by atoms with E-state index < -0.39 is 0 Å². The second-order valence-corrected chi connectivity index (χ2v) is 8.18. The van der Waals surface area contributed by atoms with E-state index in [9.17, 15) is 4.39 Å². The summed E-state index contributed by atoms with van der Waals surface area (Å²) in [7, 11) is 0. The predicted molar refractivity (Wildman–Crippen MR) is 98.8 cm³/mol. The molecule has 0 fully saturated rings. The molecular formula is C16H11FN4S3. The highest BCUT2D eigenvalue weighted by Crippen LogP contribution is 2.32. The van der Waals surface area contributed by atoms with Crippen LogP contribution < -0.4 is 5.32 Å². The maximum Gasteiger partial charge on any atom is 0.210 e. The summed E-state index contributed by atoms with van der Waals surface area (Å²) in [5.74, 6) is 0.509. The molecular weight excluding hydrogens is 363 g/mol. The van der Waals surface area contributed by atoms with E-state index in [1.54, 1.807) is 35.2 Å². The molecule has 0 spiro atoms. The lowest BCUT2D eigenvalue weighted by molar-refractivity contribution is 0.628. The highest BCUT2D eigenvalue weighted by atomic mass is 32.2. The minimum atomic E-state index is -0.259. The number of anilines is 2. The van der Waals surface area contributed by atoms with Crippen LogP contribution >= 0.6 is 34.4 Å². The van der Waals surface area contributed by atoms with Crippen LogP contribution in [-0.2, 0) is 5.75 Å². The minimum absolute atomic E-state index is 0.259. The molecule has 0 saturated heterocycles. The third-order valence-electron chi connectivity index (χ3n) is 3.16. The maximum atomic E-state index is 12.9. The molecule has 0 bridgehead atoms. The first-order chi connectivity index (χ1) is 11.8. The number of aromatic nitrogens is 3. The molecule has 0 radical (unpaired) electrons. The van der Waals surface area contributed by atoms with Crippen LogP contribution in [0.2, 0.25) is 0 Å². The zero-order chi connectivity index (χ0) is 16.4. The quantitative estimate of drug-likeness (QED) is 0.479. The van der Waals surface area contributed by atoms with Crippen molar-refractivity contribution < 1.29 is 4.39 Å². The molecule has 0 aliphatic carbocycles. The number of nitrogens with zero attached hydrogens (tertiary/aromatic N) is 3. The molecule has 24 heavy (non-hydrogen) atoms. The highest BCUT2D eigenvalue weighted by Gasteiger charge is 2.08. The van der Waals surface area contributed by atoms with Crippen LogP contribution in [0.3, 0.4) is 0 Å². The van der Waals surface area contributed by atoms with Crippen molar-refractivity contribution in [2.24, 2.45) is 0 Å². The molecule has 0 saturated carbocycles. The molecule has 0 amide bonds. The van der Waals surface area contributed by atoms with Crippen molar-refractivity contribution in [2.75, 3.05) is 5.32 Å². The lowest BCUT2D eigenvalue weighted by atomic mass is 10.3. The molecule has 4 nitrogen and oxygen atoms in total. The number of rotatable bonds is 5. The van der Waals surface area contributed by atoms with Gasteiger partial charge in [-0.1, -0.05) is 35.2 Å². The Kier molecular flexibility index (Phi) is 4.42. The van der Waals surface area contributed by atoms with Gasteiger partial charge in [0.1, 0.15) is 10.8 Å². The summed E-state index contributed by atoms with van der Waals surface area (Å²) in [5.41, 5.74) is 1.82. The average molecular weight is 374 g/mol. The Morgan fingerprint density at radius 2 is 1.83 bits per heavy atom. The van der Waals surface area contributed by atoms with Crippen LogP contribution in [0.1, 0.15) is 5.01 Å². The van der Waals surface area contributed by atoms with Crippen LogP contribution in [0.5, 0.6) is 0 Å². The molecule has 2 aromatic heterocycles. The Hall–Kier alpha value is -2.03. The number of halogens is 1. The lowest BCUT2D eigenvalue weighted by Gasteiger charge is -2.00. The molecule has 8 heteroatoms. The molecule has 0 aliphatic rings. The number of nitrogens with one attached hydrogen (secondary N) is 1. The van der Waals surface area contributed by atoms with Gasteiger partial charge >= 0.3 is 0 Å². The monoisotopic (exact) mass is 374 g/mol. The summed E-state index contributed by atoms with van der Waals surface area (Å²) in [6.45, 7) is 0. The van der Waals surface area contributed by atoms with Crippen LogP contribution in [0.4, 0.5) is 15.2 Å². The standard InChI is InChI=1S/C16H11FN4S3/c17-10-5-7-11(8-6-10)18-15-20-21-16(24-15)22-9-14-19-12-3-1-2-4-13(12)23-14/h1-8H,9H2,(H,18,20). The van der Waals surface area contributed by atoms with E-state index in [4.69, 9.17) is 0 Å². The third-order valence-corrected chi connectivity index (χ3v) is 6.36. The van der Waals surface area contributed by atoms with Gasteiger partial charge in [0.25, 0.3) is 0 Å². The largest absolute Gasteiger partial charge is 0.330 e. The van der Waals surface area contributed by atoms with Crippen molar-refractivity contribution in [1.82, 2.24) is 15.2 Å². The number of benzene rings is 2. The average Bonchev–Trinajstić information content (AvgIpc) is 3.21. The summed E-state index contributed by atoms with van der Waals surface area (Å²) in [6, 6.07) is 14.3. The SMILES string of the molecule is Fc1ccc(Nc2nnc(SCc3nc4ccccc4s3)s2)cc1. The van der Waals surface area contributed by atoms with Crippen molar-refractivity contribution in [2.45, 2.75) is 10.1 Å². The number of para-hydroxylation sites is 1. The van der Waals surface area contributed by atoms with Crippen LogP contribution in [0.25, 0.3) is 10.2 Å². The topological polar surface area (TPSA) is 50.7 Å². The molecule has 4 aromatic rings. The summed E-state index contributed by atoms with van der Waals surface area (Å²) >= 11 is 4.79. The smallest absolute Gasteiger partial charge is 0.210 e. The zero-order valence-corrected chi connectivity index (χ0v) is 14.7. The fourth-order valence-corrected chi connectivity index (χ4v) is 4.81. The Labute approximate surface area is 149 Å². The lowest BCUT2D eigenvalue weighted by Crippen LogP contribution is -1.89. The van der Waals surface area contributed by atoms with E-state index in [0.717, 1.165) is 26.3 Å². The van der Waals surface area contributed by atoms with Crippen LogP contribution in [0, 0.1) is 5.82 Å². The van der Waals surface area contributed by atoms with Gasteiger partial charge in [0.2, 0.25) is 5.13 Å². The van der Waals surface area contributed by atoms with Gasteiger partial charge in [0, 0.05) is 5.69 Å². The van der Waals surface area contributed by atoms with E-state index >= 15 is 0 Å². The first-order valence-electron chi connectivity index (χ1n) is 7.09. The van der Waals surface area contributed by atoms with E-state index in [0.29, 0.717) is 5.13 Å². The zero-order valence-electron chi connectivity index (χ0n) is 12.3. The molecule has 2 aromatic carbocycles. The van der Waals surface area contributed by atoms with Crippen molar-refractivity contribution in [3.05, 3.63) is 59.4 Å². The van der Waals surface area contributed by atoms with Gasteiger partial charge in [-0.05, 0) is 36.4 Å². The van der Waals surface area contributed by atoms with Gasteiger partial charge in [0.15, 0.2) is 4.34 Å². The molecule has 0 atom stereocenters. The second-order valence-electron chi connectivity index (χ2n) is 4.87. The maximum absolute atomic E-state index is 12.9. The summed E-state index contributed by atoms with van der Waals surface area (Å²) < 4.78 is 15.0. The number of thioether (sulfide) groups is 1. The van der Waals surface area contributed by atoms with Gasteiger partial charge in [-0.2, -0.15) is 0 Å². The summed E-state index contributed by atoms with van der Waals surface area (Å²) in [4.78, 5) is 4.61. The number of thiazole rings is 1. The predicted octanol–water partition coefficient (Wildman–Crippen LogP) is 5.32. The van der Waals surface area contributed by atoms with E-state index in [1.807, 2.05) is 18.2 Å². The van der Waals surface area contributed by atoms with E-state index in [1.165, 1.54) is 28.2 Å². The number of hydrogen-bond donors (Lipinski definition) is 1. The molecule has 0 unspecified atom stereocenters. The second kappa shape index (κ2) is 6.84. The molecule has 4 rings (SSSR count). The molecule has 2 heterocycles. The van der Waals surface area contributed by atoms with E-state index in [-0.39, 0.29) is 5.82 Å². The van der Waals surface area contributed by atoms with Gasteiger partial charge in [0.05, 0.1) is 16.0 Å². The molecule has 0 aliphatic heterocycles. The Balaban J connectivity index is 1.40. The fourth-order valence-electron chi connectivity index (χ4n) is 2.08.